The van der Waals surface area contributed by atoms with Crippen molar-refractivity contribution >= 4 is 6.01 Å². The summed E-state index contributed by atoms with van der Waals surface area (Å²) in [5, 5.41) is 10.4. The van der Waals surface area contributed by atoms with Gasteiger partial charge in [-0.05, 0) is 0 Å². The molecule has 1 N–H and O–H groups in total. The van der Waals surface area contributed by atoms with Crippen LogP contribution in [0.5, 0.6) is 0 Å². The van der Waals surface area contributed by atoms with Crippen LogP contribution in [-0.2, 0) is 9.47 Å². The molecule has 1 aromatic heterocycles. The fourth-order valence-corrected chi connectivity index (χ4v) is 1.03. The molecule has 0 unspecified atom stereocenters. The van der Waals surface area contributed by atoms with Crippen molar-refractivity contribution in [2.75, 3.05) is 25.1 Å². The first-order valence-electron chi connectivity index (χ1n) is 4.32. The maximum absolute atomic E-state index is 5.29. The number of rotatable bonds is 3. The second-order valence-corrected chi connectivity index (χ2v) is 2.78. The summed E-state index contributed by atoms with van der Waals surface area (Å²) in [6, 6.07) is 0.387. The lowest BCUT2D eigenvalue weighted by molar-refractivity contribution is 0.0842. The van der Waals surface area contributed by atoms with Crippen LogP contribution in [0.2, 0.25) is 0 Å². The molecule has 6 nitrogen and oxygen atoms in total. The van der Waals surface area contributed by atoms with Crippen molar-refractivity contribution in [3.8, 4) is 0 Å². The Morgan fingerprint density at radius 2 is 2.36 bits per heavy atom. The van der Waals surface area contributed by atoms with Gasteiger partial charge in [-0.2, -0.15) is 0 Å². The van der Waals surface area contributed by atoms with Crippen LogP contribution in [0.25, 0.3) is 0 Å². The fraction of sp³-hybridized carbons (Fsp3) is 0.500. The predicted molar refractivity (Wildman–Crippen MR) is 47.5 cm³/mol. The Kier molecular flexibility index (Phi) is 2.53. The Hall–Kier alpha value is -1.72. The molecule has 0 fully saturated rings. The third-order valence-electron chi connectivity index (χ3n) is 1.64. The third-order valence-corrected chi connectivity index (χ3v) is 1.64. The summed E-state index contributed by atoms with van der Waals surface area (Å²) in [6.07, 6.45) is 1.58. The van der Waals surface area contributed by atoms with E-state index in [1.807, 2.05) is 0 Å². The van der Waals surface area contributed by atoms with E-state index in [9.17, 15) is 0 Å². The highest BCUT2D eigenvalue weighted by atomic mass is 16.6. The molecule has 0 radical (unpaired) electrons. The quantitative estimate of drug-likeness (QED) is 0.768. The largest absolute Gasteiger partial charge is 0.494 e. The van der Waals surface area contributed by atoms with Gasteiger partial charge < -0.3 is 19.2 Å². The highest BCUT2D eigenvalue weighted by Gasteiger charge is 2.07. The molecule has 0 bridgehead atoms. The number of aryl methyl sites for hydroxylation is 1. The van der Waals surface area contributed by atoms with Crippen molar-refractivity contribution in [3.05, 3.63) is 17.9 Å². The number of nitrogens with one attached hydrogen (secondary N) is 1. The van der Waals surface area contributed by atoms with Gasteiger partial charge in [-0.15, -0.1) is 5.10 Å². The minimum Gasteiger partial charge on any atom is -0.494 e. The van der Waals surface area contributed by atoms with Gasteiger partial charge in [0, 0.05) is 6.92 Å². The van der Waals surface area contributed by atoms with Crippen molar-refractivity contribution in [2.24, 2.45) is 0 Å². The molecule has 0 atom stereocenters. The summed E-state index contributed by atoms with van der Waals surface area (Å²) < 4.78 is 15.5. The molecule has 0 spiro atoms. The third kappa shape index (κ3) is 2.15. The van der Waals surface area contributed by atoms with Crippen LogP contribution in [0, 0.1) is 6.92 Å². The van der Waals surface area contributed by atoms with E-state index in [4.69, 9.17) is 13.9 Å². The lowest BCUT2D eigenvalue weighted by Crippen LogP contribution is -2.15. The molecule has 2 heterocycles. The molecular weight excluding hydrogens is 186 g/mol. The topological polar surface area (TPSA) is 69.4 Å². The molecule has 0 saturated carbocycles. The van der Waals surface area contributed by atoms with Gasteiger partial charge in [0.15, 0.2) is 0 Å². The minimum atomic E-state index is 0.387. The molecule has 2 rings (SSSR count). The second-order valence-electron chi connectivity index (χ2n) is 2.78. The maximum Gasteiger partial charge on any atom is 0.315 e. The summed E-state index contributed by atoms with van der Waals surface area (Å²) >= 11 is 0. The summed E-state index contributed by atoms with van der Waals surface area (Å²) in [6.45, 7) is 3.40. The Bertz CT molecular complexity index is 334. The van der Waals surface area contributed by atoms with E-state index < -0.39 is 0 Å². The van der Waals surface area contributed by atoms with Crippen molar-refractivity contribution < 1.29 is 13.9 Å². The SMILES string of the molecule is Cc1nnc(NCC2=COCCO2)o1. The molecule has 1 aliphatic heterocycles. The zero-order chi connectivity index (χ0) is 9.80. The van der Waals surface area contributed by atoms with Crippen LogP contribution < -0.4 is 5.32 Å². The van der Waals surface area contributed by atoms with Crippen molar-refractivity contribution in [1.29, 1.82) is 0 Å². The number of ether oxygens (including phenoxy) is 2. The first-order chi connectivity index (χ1) is 6.84. The monoisotopic (exact) mass is 197 g/mol. The Labute approximate surface area is 80.9 Å². The molecule has 14 heavy (non-hydrogen) atoms. The van der Waals surface area contributed by atoms with E-state index >= 15 is 0 Å². The highest BCUT2D eigenvalue weighted by molar-refractivity contribution is 5.20. The van der Waals surface area contributed by atoms with Gasteiger partial charge in [-0.25, -0.2) is 0 Å². The van der Waals surface area contributed by atoms with Gasteiger partial charge in [0.1, 0.15) is 25.2 Å². The number of hydrogen-bond donors (Lipinski definition) is 1. The molecule has 0 saturated heterocycles. The van der Waals surface area contributed by atoms with Gasteiger partial charge >= 0.3 is 6.01 Å². The van der Waals surface area contributed by atoms with Gasteiger partial charge in [0.05, 0.1) is 6.54 Å². The number of nitrogens with zero attached hydrogens (tertiary/aromatic N) is 2. The van der Waals surface area contributed by atoms with Crippen LogP contribution in [0.3, 0.4) is 0 Å². The predicted octanol–water partition coefficient (Wildman–Crippen LogP) is 0.678. The van der Waals surface area contributed by atoms with Gasteiger partial charge in [0.2, 0.25) is 5.89 Å². The van der Waals surface area contributed by atoms with Crippen LogP contribution in [-0.4, -0.2) is 30.0 Å². The summed E-state index contributed by atoms with van der Waals surface area (Å²) in [7, 11) is 0. The minimum absolute atomic E-state index is 0.387. The van der Waals surface area contributed by atoms with E-state index in [0.717, 1.165) is 5.76 Å². The summed E-state index contributed by atoms with van der Waals surface area (Å²) in [5.74, 6) is 1.26. The van der Waals surface area contributed by atoms with Gasteiger partial charge in [-0.3, -0.25) is 0 Å². The highest BCUT2D eigenvalue weighted by Crippen LogP contribution is 2.07. The van der Waals surface area contributed by atoms with E-state index in [-0.39, 0.29) is 0 Å². The summed E-state index contributed by atoms with van der Waals surface area (Å²) in [4.78, 5) is 0. The zero-order valence-electron chi connectivity index (χ0n) is 7.82. The molecule has 6 heteroatoms. The fourth-order valence-electron chi connectivity index (χ4n) is 1.03. The van der Waals surface area contributed by atoms with Gasteiger partial charge in [-0.1, -0.05) is 5.10 Å². The standard InChI is InChI=1S/C8H11N3O3/c1-6-10-11-8(14-6)9-4-7-5-12-2-3-13-7/h5H,2-4H2,1H3,(H,9,11). The first kappa shape index (κ1) is 8.86. The first-order valence-corrected chi connectivity index (χ1v) is 4.32. The summed E-state index contributed by atoms with van der Waals surface area (Å²) in [5.41, 5.74) is 0. The van der Waals surface area contributed by atoms with E-state index in [0.29, 0.717) is 31.7 Å². The smallest absolute Gasteiger partial charge is 0.315 e. The lowest BCUT2D eigenvalue weighted by Gasteiger charge is -2.14. The number of anilines is 1. The average Bonchev–Trinajstić information content (AvgIpc) is 2.63. The molecular formula is C8H11N3O3. The maximum atomic E-state index is 5.29. The second kappa shape index (κ2) is 3.99. The molecule has 76 valence electrons. The van der Waals surface area contributed by atoms with Crippen molar-refractivity contribution in [3.63, 3.8) is 0 Å². The Balaban J connectivity index is 1.84. The van der Waals surface area contributed by atoms with Crippen LogP contribution >= 0.6 is 0 Å². The van der Waals surface area contributed by atoms with Crippen molar-refractivity contribution in [2.45, 2.75) is 6.92 Å². The lowest BCUT2D eigenvalue weighted by atomic mass is 10.5. The van der Waals surface area contributed by atoms with E-state index in [1.54, 1.807) is 13.2 Å². The number of aromatic nitrogens is 2. The van der Waals surface area contributed by atoms with Gasteiger partial charge in [0.25, 0.3) is 0 Å². The van der Waals surface area contributed by atoms with Crippen molar-refractivity contribution in [1.82, 2.24) is 10.2 Å². The molecule has 0 aromatic carbocycles. The zero-order valence-corrected chi connectivity index (χ0v) is 7.82. The van der Waals surface area contributed by atoms with E-state index in [2.05, 4.69) is 15.5 Å². The Morgan fingerprint density at radius 1 is 1.43 bits per heavy atom. The normalized spacial score (nSPS) is 15.4. The Morgan fingerprint density at radius 3 is 3.00 bits per heavy atom. The molecule has 0 aliphatic carbocycles. The number of hydrogen-bond acceptors (Lipinski definition) is 6. The average molecular weight is 197 g/mol. The molecule has 1 aliphatic rings. The molecule has 1 aromatic rings. The van der Waals surface area contributed by atoms with Crippen LogP contribution in [0.4, 0.5) is 6.01 Å². The van der Waals surface area contributed by atoms with E-state index in [1.165, 1.54) is 0 Å². The van der Waals surface area contributed by atoms with Crippen LogP contribution in [0.1, 0.15) is 5.89 Å². The molecule has 0 amide bonds. The van der Waals surface area contributed by atoms with Crippen LogP contribution in [0.15, 0.2) is 16.4 Å².